The molecule has 0 N–H and O–H groups in total. The van der Waals surface area contributed by atoms with Crippen molar-refractivity contribution in [2.24, 2.45) is 0 Å². The van der Waals surface area contributed by atoms with Gasteiger partial charge in [-0.05, 0) is 6.42 Å². The summed E-state index contributed by atoms with van der Waals surface area (Å²) in [4.78, 5) is 0. The van der Waals surface area contributed by atoms with Crippen LogP contribution < -0.4 is 0 Å². The van der Waals surface area contributed by atoms with Crippen molar-refractivity contribution in [2.45, 2.75) is 19.8 Å². The topological polar surface area (TPSA) is 46.1 Å². The molecule has 0 aliphatic heterocycles. The van der Waals surface area contributed by atoms with Crippen LogP contribution in [0.15, 0.2) is 5.70 Å². The number of quaternary nitrogens is 1. The van der Waals surface area contributed by atoms with Crippen molar-refractivity contribution < 1.29 is 4.48 Å². The minimum atomic E-state index is 0.281. The van der Waals surface area contributed by atoms with Crippen LogP contribution in [0, 0.1) is 11.3 Å². The van der Waals surface area contributed by atoms with Crippen molar-refractivity contribution in [1.29, 1.82) is 5.26 Å². The number of hydrogen-bond donors (Lipinski definition) is 0. The number of nitriles is 1. The first kappa shape index (κ1) is 10.9. The maximum absolute atomic E-state index is 8.64. The molecule has 0 saturated heterocycles. The van der Waals surface area contributed by atoms with E-state index in [1.165, 1.54) is 0 Å². The van der Waals surface area contributed by atoms with Crippen molar-refractivity contribution in [3.05, 3.63) is 11.1 Å². The van der Waals surface area contributed by atoms with Crippen LogP contribution in [0.1, 0.15) is 19.8 Å². The molecule has 0 aromatic heterocycles. The fourth-order valence-electron chi connectivity index (χ4n) is 0.961. The summed E-state index contributed by atoms with van der Waals surface area (Å²) in [5.41, 5.74) is 0.281. The van der Waals surface area contributed by atoms with Gasteiger partial charge in [-0.3, -0.25) is 4.48 Å². The van der Waals surface area contributed by atoms with Crippen molar-refractivity contribution in [3.63, 3.8) is 0 Å². The molecule has 0 aromatic carbocycles. The Hall–Kier alpha value is -1.10. The molecular formula is C9H15N3. The van der Waals surface area contributed by atoms with Gasteiger partial charge in [0.15, 0.2) is 6.07 Å². The molecule has 0 spiro atoms. The minimum Gasteiger partial charge on any atom is -0.758 e. The molecule has 12 heavy (non-hydrogen) atoms. The fraction of sp³-hybridized carbons (Fsp3) is 0.667. The summed E-state index contributed by atoms with van der Waals surface area (Å²) in [5.74, 6) is 1.93. The van der Waals surface area contributed by atoms with Crippen LogP contribution >= 0.6 is 0 Å². The van der Waals surface area contributed by atoms with Crippen LogP contribution in [0.4, 0.5) is 0 Å². The smallest absolute Gasteiger partial charge is 0.231 e. The van der Waals surface area contributed by atoms with Crippen LogP contribution in [0.5, 0.6) is 0 Å². The summed E-state index contributed by atoms with van der Waals surface area (Å²) in [6.07, 6.45) is 2.13. The lowest BCUT2D eigenvalue weighted by Crippen LogP contribution is -2.39. The van der Waals surface area contributed by atoms with Crippen molar-refractivity contribution in [3.8, 4) is 6.07 Å². The predicted molar refractivity (Wildman–Crippen MR) is 49.4 cm³/mol. The molecule has 0 aromatic rings. The first-order chi connectivity index (χ1) is 5.58. The molecule has 0 aliphatic carbocycles. The Labute approximate surface area is 74.0 Å². The molecule has 0 aliphatic rings. The molecule has 0 bridgehead atoms. The van der Waals surface area contributed by atoms with Gasteiger partial charge in [0.1, 0.15) is 0 Å². The summed E-state index contributed by atoms with van der Waals surface area (Å²) in [7, 11) is 3.77. The van der Waals surface area contributed by atoms with E-state index in [1.807, 2.05) is 26.0 Å². The Kier molecular flexibility index (Phi) is 4.28. The highest BCUT2D eigenvalue weighted by Gasteiger charge is 2.19. The van der Waals surface area contributed by atoms with Crippen LogP contribution in [0.2, 0.25) is 0 Å². The zero-order valence-electron chi connectivity index (χ0n) is 7.96. The van der Waals surface area contributed by atoms with E-state index in [0.29, 0.717) is 4.48 Å². The number of rotatable bonds is 4. The van der Waals surface area contributed by atoms with Crippen molar-refractivity contribution in [2.75, 3.05) is 20.6 Å². The molecule has 0 heterocycles. The van der Waals surface area contributed by atoms with Crippen molar-refractivity contribution in [1.82, 2.24) is 0 Å². The highest BCUT2D eigenvalue weighted by atomic mass is 15.3. The van der Waals surface area contributed by atoms with Crippen LogP contribution in [0.25, 0.3) is 5.41 Å². The van der Waals surface area contributed by atoms with Gasteiger partial charge < -0.3 is 5.41 Å². The molecular weight excluding hydrogens is 150 g/mol. The average Bonchev–Trinajstić information content (AvgIpc) is 2.03. The summed E-state index contributed by atoms with van der Waals surface area (Å²) >= 11 is 0. The Balaban J connectivity index is 4.40. The predicted octanol–water partition coefficient (Wildman–Crippen LogP) is 1.51. The Morgan fingerprint density at radius 3 is 2.42 bits per heavy atom. The summed E-state index contributed by atoms with van der Waals surface area (Å²) < 4.78 is 0.404. The Bertz CT molecular complexity index is 229. The maximum Gasteiger partial charge on any atom is 0.231 e. The zero-order chi connectivity index (χ0) is 9.61. The molecule has 3 nitrogen and oxygen atoms in total. The Morgan fingerprint density at radius 1 is 1.50 bits per heavy atom. The van der Waals surface area contributed by atoms with Gasteiger partial charge in [-0.25, -0.2) is 0 Å². The third-order valence-electron chi connectivity index (χ3n) is 1.89. The highest BCUT2D eigenvalue weighted by Crippen LogP contribution is 2.08. The lowest BCUT2D eigenvalue weighted by atomic mass is 10.2. The summed E-state index contributed by atoms with van der Waals surface area (Å²) in [5, 5.41) is 17.3. The van der Waals surface area contributed by atoms with E-state index < -0.39 is 0 Å². The third kappa shape index (κ3) is 2.87. The second-order valence-corrected chi connectivity index (χ2v) is 3.33. The zero-order valence-corrected chi connectivity index (χ0v) is 7.96. The van der Waals surface area contributed by atoms with E-state index in [0.717, 1.165) is 19.4 Å². The highest BCUT2D eigenvalue weighted by molar-refractivity contribution is 5.62. The largest absolute Gasteiger partial charge is 0.758 e. The fourth-order valence-corrected chi connectivity index (χ4v) is 0.961. The van der Waals surface area contributed by atoms with E-state index in [-0.39, 0.29) is 5.70 Å². The molecule has 0 atom stereocenters. The number of hydrogen-bond acceptors (Lipinski definition) is 1. The average molecular weight is 165 g/mol. The third-order valence-corrected chi connectivity index (χ3v) is 1.89. The van der Waals surface area contributed by atoms with Crippen molar-refractivity contribution >= 4 is 5.87 Å². The van der Waals surface area contributed by atoms with E-state index in [2.05, 4.69) is 6.92 Å². The van der Waals surface area contributed by atoms with Gasteiger partial charge in [0, 0.05) is 0 Å². The molecule has 0 fully saturated rings. The molecule has 3 heteroatoms. The lowest BCUT2D eigenvalue weighted by molar-refractivity contribution is -0.847. The first-order valence-electron chi connectivity index (χ1n) is 4.09. The second-order valence-electron chi connectivity index (χ2n) is 3.33. The van der Waals surface area contributed by atoms with Gasteiger partial charge in [-0.15, -0.1) is 0 Å². The van der Waals surface area contributed by atoms with E-state index in [9.17, 15) is 0 Å². The lowest BCUT2D eigenvalue weighted by Gasteiger charge is -2.27. The second kappa shape index (κ2) is 4.71. The van der Waals surface area contributed by atoms with E-state index in [4.69, 9.17) is 10.7 Å². The molecule has 0 radical (unpaired) electrons. The van der Waals surface area contributed by atoms with Gasteiger partial charge in [-0.1, -0.05) is 13.3 Å². The first-order valence-corrected chi connectivity index (χ1v) is 4.09. The summed E-state index contributed by atoms with van der Waals surface area (Å²) in [6, 6.07) is 1.93. The molecule has 66 valence electrons. The van der Waals surface area contributed by atoms with Gasteiger partial charge >= 0.3 is 0 Å². The normalized spacial score (nSPS) is 10.2. The number of unbranched alkanes of at least 4 members (excludes halogenated alkanes) is 1. The molecule has 0 saturated carbocycles. The summed E-state index contributed by atoms with van der Waals surface area (Å²) in [6.45, 7) is 2.95. The minimum absolute atomic E-state index is 0.281. The maximum atomic E-state index is 8.64. The van der Waals surface area contributed by atoms with Crippen LogP contribution in [-0.2, 0) is 0 Å². The molecule has 0 unspecified atom stereocenters. The number of allylic oxidation sites excluding steroid dienone is 1. The van der Waals surface area contributed by atoms with Gasteiger partial charge in [-0.2, -0.15) is 11.1 Å². The Morgan fingerprint density at radius 2 is 2.08 bits per heavy atom. The van der Waals surface area contributed by atoms with E-state index >= 15 is 0 Å². The van der Waals surface area contributed by atoms with E-state index in [1.54, 1.807) is 0 Å². The number of nitrogens with zero attached hydrogens (tertiary/aromatic N) is 3. The van der Waals surface area contributed by atoms with Gasteiger partial charge in [0.2, 0.25) is 5.70 Å². The standard InChI is InChI=1S/C9H15N3/c1-4-5-6-12(2,3)9(7-10)8-11/h4-6H2,1-3H3. The van der Waals surface area contributed by atoms with Gasteiger partial charge in [0.05, 0.1) is 20.6 Å². The van der Waals surface area contributed by atoms with Crippen LogP contribution in [0.3, 0.4) is 0 Å². The molecule has 0 rings (SSSR count). The SMILES string of the molecule is CCCC[N+](C)(C)C(=C=[N-])C#N. The molecule has 0 amide bonds. The quantitative estimate of drug-likeness (QED) is 0.354. The van der Waals surface area contributed by atoms with Crippen LogP contribution in [-0.4, -0.2) is 31.0 Å². The van der Waals surface area contributed by atoms with Gasteiger partial charge in [0.25, 0.3) is 0 Å². The monoisotopic (exact) mass is 165 g/mol.